The maximum atomic E-state index is 11.2. The fraction of sp³-hybridized carbons (Fsp3) is 0.600. The lowest BCUT2D eigenvalue weighted by molar-refractivity contribution is -0.142. The molecule has 106 valence electrons. The molecule has 4 heteroatoms. The van der Waals surface area contributed by atoms with Crippen LogP contribution in [0.2, 0.25) is 0 Å². The van der Waals surface area contributed by atoms with E-state index in [9.17, 15) is 9.90 Å². The van der Waals surface area contributed by atoms with Gasteiger partial charge >= 0.3 is 5.97 Å². The molecule has 1 aromatic rings. The Balaban J connectivity index is 2.56. The van der Waals surface area contributed by atoms with Gasteiger partial charge in [0.1, 0.15) is 0 Å². The number of nitrogens with one attached hydrogen (secondary N) is 1. The van der Waals surface area contributed by atoms with E-state index in [1.54, 1.807) is 6.20 Å². The molecule has 1 rings (SSSR count). The molecule has 2 N–H and O–H groups in total. The second-order valence-corrected chi connectivity index (χ2v) is 5.55. The zero-order valence-corrected chi connectivity index (χ0v) is 12.2. The number of carboxylic acid groups (broad SMARTS) is 1. The molecule has 4 nitrogen and oxygen atoms in total. The van der Waals surface area contributed by atoms with Crippen molar-refractivity contribution in [3.63, 3.8) is 0 Å². The van der Waals surface area contributed by atoms with Crippen LogP contribution in [0.15, 0.2) is 18.3 Å². The van der Waals surface area contributed by atoms with E-state index < -0.39 is 5.97 Å². The van der Waals surface area contributed by atoms with Gasteiger partial charge in [-0.05, 0) is 43.9 Å². The number of nitrogens with zero attached hydrogens (tertiary/aromatic N) is 1. The van der Waals surface area contributed by atoms with Crippen molar-refractivity contribution in [2.45, 2.75) is 40.2 Å². The summed E-state index contributed by atoms with van der Waals surface area (Å²) in [6.07, 6.45) is 2.47. The highest BCUT2D eigenvalue weighted by molar-refractivity contribution is 5.70. The standard InChI is InChI=1S/C15H24N2O2/c1-10(2)7-13(15(18)19)9-17-12(4)14-8-11(3)5-6-16-14/h5-6,8,10,12-13,17H,7,9H2,1-4H3,(H,18,19). The largest absolute Gasteiger partial charge is 0.481 e. The minimum Gasteiger partial charge on any atom is -0.481 e. The van der Waals surface area contributed by atoms with Crippen LogP contribution in [-0.4, -0.2) is 22.6 Å². The molecule has 1 heterocycles. The van der Waals surface area contributed by atoms with E-state index in [-0.39, 0.29) is 12.0 Å². The van der Waals surface area contributed by atoms with Crippen LogP contribution in [0.25, 0.3) is 0 Å². The number of carboxylic acids is 1. The van der Waals surface area contributed by atoms with Crippen molar-refractivity contribution in [2.24, 2.45) is 11.8 Å². The smallest absolute Gasteiger partial charge is 0.307 e. The van der Waals surface area contributed by atoms with Crippen LogP contribution in [0.3, 0.4) is 0 Å². The van der Waals surface area contributed by atoms with Gasteiger partial charge in [-0.1, -0.05) is 13.8 Å². The SMILES string of the molecule is Cc1ccnc(C(C)NCC(CC(C)C)C(=O)O)c1. The minimum absolute atomic E-state index is 0.0638. The molecule has 0 aliphatic rings. The Bertz CT molecular complexity index is 418. The lowest BCUT2D eigenvalue weighted by Gasteiger charge is -2.19. The Morgan fingerprint density at radius 2 is 2.11 bits per heavy atom. The Kier molecular flexibility index (Phi) is 5.96. The molecule has 0 fully saturated rings. The van der Waals surface area contributed by atoms with Crippen LogP contribution in [0.5, 0.6) is 0 Å². The maximum Gasteiger partial charge on any atom is 0.307 e. The van der Waals surface area contributed by atoms with Gasteiger partial charge in [-0.2, -0.15) is 0 Å². The van der Waals surface area contributed by atoms with Gasteiger partial charge < -0.3 is 10.4 Å². The van der Waals surface area contributed by atoms with Crippen molar-refractivity contribution in [1.82, 2.24) is 10.3 Å². The Labute approximate surface area is 115 Å². The molecular weight excluding hydrogens is 240 g/mol. The Hall–Kier alpha value is -1.42. The molecule has 0 saturated heterocycles. The highest BCUT2D eigenvalue weighted by atomic mass is 16.4. The number of aliphatic carboxylic acids is 1. The zero-order chi connectivity index (χ0) is 14.4. The van der Waals surface area contributed by atoms with E-state index in [0.29, 0.717) is 18.9 Å². The molecule has 1 aromatic heterocycles. The highest BCUT2D eigenvalue weighted by Gasteiger charge is 2.19. The fourth-order valence-corrected chi connectivity index (χ4v) is 2.06. The molecule has 19 heavy (non-hydrogen) atoms. The van der Waals surface area contributed by atoms with Crippen molar-refractivity contribution in [3.8, 4) is 0 Å². The van der Waals surface area contributed by atoms with Crippen molar-refractivity contribution in [3.05, 3.63) is 29.6 Å². The normalized spacial score (nSPS) is 14.4. The first kappa shape index (κ1) is 15.6. The molecule has 0 aliphatic carbocycles. The number of hydrogen-bond donors (Lipinski definition) is 2. The van der Waals surface area contributed by atoms with Crippen molar-refractivity contribution in [1.29, 1.82) is 0 Å². The zero-order valence-electron chi connectivity index (χ0n) is 12.2. The summed E-state index contributed by atoms with van der Waals surface area (Å²) >= 11 is 0. The summed E-state index contributed by atoms with van der Waals surface area (Å²) < 4.78 is 0. The molecule has 0 saturated carbocycles. The van der Waals surface area contributed by atoms with Gasteiger partial charge in [0, 0.05) is 18.8 Å². The van der Waals surface area contributed by atoms with Gasteiger partial charge in [0.05, 0.1) is 11.6 Å². The van der Waals surface area contributed by atoms with Crippen molar-refractivity contribution < 1.29 is 9.90 Å². The highest BCUT2D eigenvalue weighted by Crippen LogP contribution is 2.14. The number of hydrogen-bond acceptors (Lipinski definition) is 3. The van der Waals surface area contributed by atoms with Gasteiger partial charge in [0.2, 0.25) is 0 Å². The van der Waals surface area contributed by atoms with E-state index >= 15 is 0 Å². The topological polar surface area (TPSA) is 62.2 Å². The summed E-state index contributed by atoms with van der Waals surface area (Å²) in [5.74, 6) is -0.687. The molecule has 2 atom stereocenters. The van der Waals surface area contributed by atoms with Crippen molar-refractivity contribution in [2.75, 3.05) is 6.54 Å². The number of pyridine rings is 1. The van der Waals surface area contributed by atoms with Gasteiger partial charge in [-0.3, -0.25) is 9.78 Å². The second-order valence-electron chi connectivity index (χ2n) is 5.55. The molecule has 0 aliphatic heterocycles. The molecule has 2 unspecified atom stereocenters. The molecule has 0 bridgehead atoms. The lowest BCUT2D eigenvalue weighted by atomic mass is 9.97. The van der Waals surface area contributed by atoms with E-state index in [1.807, 2.05) is 39.8 Å². The molecule has 0 spiro atoms. The third-order valence-electron chi connectivity index (χ3n) is 3.16. The quantitative estimate of drug-likeness (QED) is 0.795. The number of aryl methyl sites for hydroxylation is 1. The summed E-state index contributed by atoms with van der Waals surface area (Å²) in [5.41, 5.74) is 2.12. The van der Waals surface area contributed by atoms with Crippen LogP contribution < -0.4 is 5.32 Å². The average Bonchev–Trinajstić information content (AvgIpc) is 2.33. The average molecular weight is 264 g/mol. The second kappa shape index (κ2) is 7.24. The first-order valence-corrected chi connectivity index (χ1v) is 6.79. The third-order valence-corrected chi connectivity index (χ3v) is 3.16. The number of carbonyl (C=O) groups is 1. The van der Waals surface area contributed by atoms with Crippen LogP contribution in [-0.2, 0) is 4.79 Å². The molecular formula is C15H24N2O2. The minimum atomic E-state index is -0.731. The molecule has 0 aromatic carbocycles. The van der Waals surface area contributed by atoms with Crippen LogP contribution >= 0.6 is 0 Å². The van der Waals surface area contributed by atoms with E-state index in [0.717, 1.165) is 11.3 Å². The molecule has 0 amide bonds. The fourth-order valence-electron chi connectivity index (χ4n) is 2.06. The van der Waals surface area contributed by atoms with E-state index in [4.69, 9.17) is 0 Å². The van der Waals surface area contributed by atoms with Gasteiger partial charge in [0.25, 0.3) is 0 Å². The Morgan fingerprint density at radius 3 is 2.63 bits per heavy atom. The first-order chi connectivity index (χ1) is 8.90. The van der Waals surface area contributed by atoms with Crippen molar-refractivity contribution >= 4 is 5.97 Å². The van der Waals surface area contributed by atoms with E-state index in [2.05, 4.69) is 10.3 Å². The predicted octanol–water partition coefficient (Wildman–Crippen LogP) is 2.79. The molecule has 0 radical (unpaired) electrons. The van der Waals surface area contributed by atoms with Crippen LogP contribution in [0.1, 0.15) is 44.5 Å². The Morgan fingerprint density at radius 1 is 1.42 bits per heavy atom. The van der Waals surface area contributed by atoms with Gasteiger partial charge in [-0.15, -0.1) is 0 Å². The van der Waals surface area contributed by atoms with Gasteiger partial charge in [0.15, 0.2) is 0 Å². The maximum absolute atomic E-state index is 11.2. The summed E-state index contributed by atoms with van der Waals surface area (Å²) in [6, 6.07) is 4.04. The van der Waals surface area contributed by atoms with Gasteiger partial charge in [-0.25, -0.2) is 0 Å². The first-order valence-electron chi connectivity index (χ1n) is 6.79. The number of aromatic nitrogens is 1. The van der Waals surface area contributed by atoms with Crippen LogP contribution in [0, 0.1) is 18.8 Å². The predicted molar refractivity (Wildman–Crippen MR) is 76.0 cm³/mol. The lowest BCUT2D eigenvalue weighted by Crippen LogP contribution is -2.31. The monoisotopic (exact) mass is 264 g/mol. The summed E-state index contributed by atoms with van der Waals surface area (Å²) in [7, 11) is 0. The third kappa shape index (κ3) is 5.39. The summed E-state index contributed by atoms with van der Waals surface area (Å²) in [6.45, 7) is 8.60. The summed E-state index contributed by atoms with van der Waals surface area (Å²) in [5, 5.41) is 12.5. The van der Waals surface area contributed by atoms with E-state index in [1.165, 1.54) is 0 Å². The summed E-state index contributed by atoms with van der Waals surface area (Å²) in [4.78, 5) is 15.5. The van der Waals surface area contributed by atoms with Crippen LogP contribution in [0.4, 0.5) is 0 Å². The number of rotatable bonds is 7.